The maximum absolute atomic E-state index is 5.39. The van der Waals surface area contributed by atoms with E-state index in [1.54, 1.807) is 20.4 Å². The lowest BCUT2D eigenvalue weighted by atomic mass is 10.2. The largest absolute Gasteiger partial charge is 0.497 e. The number of methoxy groups -OCH3 is 2. The van der Waals surface area contributed by atoms with Crippen LogP contribution >= 0.6 is 0 Å². The lowest BCUT2D eigenvalue weighted by molar-refractivity contribution is 0.394. The molecule has 0 aliphatic carbocycles. The first-order chi connectivity index (χ1) is 13.1. The maximum Gasteiger partial charge on any atom is 0.161 e. The lowest BCUT2D eigenvalue weighted by Gasteiger charge is -2.10. The maximum atomic E-state index is 5.39. The zero-order chi connectivity index (χ0) is 19.2. The van der Waals surface area contributed by atoms with E-state index in [9.17, 15) is 0 Å². The van der Waals surface area contributed by atoms with E-state index < -0.39 is 0 Å². The molecule has 1 heterocycles. The topological polar surface area (TPSA) is 68.6 Å². The summed E-state index contributed by atoms with van der Waals surface area (Å²) in [6.07, 6.45) is 1.69. The van der Waals surface area contributed by atoms with Crippen LogP contribution in [0.5, 0.6) is 11.5 Å². The molecule has 6 nitrogen and oxygen atoms in total. The summed E-state index contributed by atoms with van der Waals surface area (Å²) in [6, 6.07) is 15.4. The Hall–Kier alpha value is -3.41. The van der Waals surface area contributed by atoms with Gasteiger partial charge < -0.3 is 9.47 Å². The van der Waals surface area contributed by atoms with Crippen molar-refractivity contribution in [1.82, 2.24) is 9.97 Å². The van der Waals surface area contributed by atoms with Crippen LogP contribution in [0.25, 0.3) is 11.4 Å². The standard InChI is InChI=1S/C21H22N4O2/c1-14-15(2)23-21(16-8-6-5-7-9-16)24-20(14)25-22-13-17-10-11-18(26-3)12-19(17)27-4/h5-13H,1-4H3,(H,23,24,25)/b22-13-. The highest BCUT2D eigenvalue weighted by atomic mass is 16.5. The number of ether oxygens (including phenoxy) is 2. The quantitative estimate of drug-likeness (QED) is 0.525. The Morgan fingerprint density at radius 3 is 2.44 bits per heavy atom. The van der Waals surface area contributed by atoms with Crippen LogP contribution in [0.2, 0.25) is 0 Å². The molecule has 138 valence electrons. The molecule has 1 N–H and O–H groups in total. The van der Waals surface area contributed by atoms with Crippen molar-refractivity contribution in [2.45, 2.75) is 13.8 Å². The van der Waals surface area contributed by atoms with Crippen LogP contribution in [0, 0.1) is 13.8 Å². The molecule has 0 fully saturated rings. The second-order valence-corrected chi connectivity index (χ2v) is 5.95. The summed E-state index contributed by atoms with van der Waals surface area (Å²) in [7, 11) is 3.23. The fourth-order valence-electron chi connectivity index (χ4n) is 2.54. The first kappa shape index (κ1) is 18.4. The van der Waals surface area contributed by atoms with E-state index in [1.807, 2.05) is 62.4 Å². The van der Waals surface area contributed by atoms with Crippen molar-refractivity contribution >= 4 is 12.0 Å². The highest BCUT2D eigenvalue weighted by molar-refractivity contribution is 5.84. The minimum Gasteiger partial charge on any atom is -0.497 e. The first-order valence-corrected chi connectivity index (χ1v) is 8.54. The van der Waals surface area contributed by atoms with Crippen LogP contribution in [0.4, 0.5) is 5.82 Å². The predicted octanol–water partition coefficient (Wildman–Crippen LogP) is 4.22. The van der Waals surface area contributed by atoms with Crippen molar-refractivity contribution in [3.05, 3.63) is 65.4 Å². The minimum absolute atomic E-state index is 0.665. The van der Waals surface area contributed by atoms with Gasteiger partial charge >= 0.3 is 0 Å². The molecule has 6 heteroatoms. The van der Waals surface area contributed by atoms with Gasteiger partial charge in [-0.05, 0) is 26.0 Å². The Balaban J connectivity index is 1.86. The van der Waals surface area contributed by atoms with E-state index in [0.29, 0.717) is 17.4 Å². The number of nitrogens with one attached hydrogen (secondary N) is 1. The van der Waals surface area contributed by atoms with Crippen molar-refractivity contribution in [1.29, 1.82) is 0 Å². The van der Waals surface area contributed by atoms with Crippen LogP contribution < -0.4 is 14.9 Å². The molecule has 27 heavy (non-hydrogen) atoms. The van der Waals surface area contributed by atoms with Gasteiger partial charge in [0.05, 0.1) is 20.4 Å². The van der Waals surface area contributed by atoms with E-state index in [1.165, 1.54) is 0 Å². The van der Waals surface area contributed by atoms with Gasteiger partial charge in [-0.1, -0.05) is 30.3 Å². The number of rotatable bonds is 6. The predicted molar refractivity (Wildman–Crippen MR) is 108 cm³/mol. The third-order valence-electron chi connectivity index (χ3n) is 4.24. The average molecular weight is 362 g/mol. The molecule has 3 aromatic rings. The van der Waals surface area contributed by atoms with Gasteiger partial charge in [-0.3, -0.25) is 5.43 Å². The summed E-state index contributed by atoms with van der Waals surface area (Å²) in [5, 5.41) is 4.33. The number of hydrogen-bond acceptors (Lipinski definition) is 6. The molecule has 0 unspecified atom stereocenters. The number of hydrazone groups is 1. The monoisotopic (exact) mass is 362 g/mol. The van der Waals surface area contributed by atoms with Gasteiger partial charge in [0, 0.05) is 28.5 Å². The summed E-state index contributed by atoms with van der Waals surface area (Å²) in [5.41, 5.74) is 6.68. The number of benzene rings is 2. The number of aryl methyl sites for hydroxylation is 1. The van der Waals surface area contributed by atoms with Crippen molar-refractivity contribution in [2.24, 2.45) is 5.10 Å². The smallest absolute Gasteiger partial charge is 0.161 e. The molecule has 0 saturated carbocycles. The minimum atomic E-state index is 0.665. The fraction of sp³-hybridized carbons (Fsp3) is 0.190. The van der Waals surface area contributed by atoms with Gasteiger partial charge in [0.2, 0.25) is 0 Å². The van der Waals surface area contributed by atoms with E-state index >= 15 is 0 Å². The second kappa shape index (κ2) is 8.31. The van der Waals surface area contributed by atoms with E-state index in [-0.39, 0.29) is 0 Å². The van der Waals surface area contributed by atoms with Crippen LogP contribution in [0.15, 0.2) is 53.6 Å². The highest BCUT2D eigenvalue weighted by Gasteiger charge is 2.09. The molecule has 0 radical (unpaired) electrons. The second-order valence-electron chi connectivity index (χ2n) is 5.95. The van der Waals surface area contributed by atoms with Crippen LogP contribution in [-0.2, 0) is 0 Å². The summed E-state index contributed by atoms with van der Waals surface area (Å²) in [4.78, 5) is 9.20. The Morgan fingerprint density at radius 1 is 0.963 bits per heavy atom. The normalized spacial score (nSPS) is 10.8. The van der Waals surface area contributed by atoms with E-state index in [2.05, 4.69) is 20.5 Å². The van der Waals surface area contributed by atoms with Gasteiger partial charge in [0.25, 0.3) is 0 Å². The Labute approximate surface area is 158 Å². The van der Waals surface area contributed by atoms with Crippen molar-refractivity contribution in [3.63, 3.8) is 0 Å². The molecule has 0 aliphatic heterocycles. The van der Waals surface area contributed by atoms with E-state index in [0.717, 1.165) is 28.1 Å². The van der Waals surface area contributed by atoms with Crippen LogP contribution in [0.3, 0.4) is 0 Å². The van der Waals surface area contributed by atoms with Gasteiger partial charge in [-0.25, -0.2) is 9.97 Å². The molecule has 0 amide bonds. The van der Waals surface area contributed by atoms with Crippen LogP contribution in [0.1, 0.15) is 16.8 Å². The molecule has 3 rings (SSSR count). The van der Waals surface area contributed by atoms with Crippen molar-refractivity contribution in [3.8, 4) is 22.9 Å². The zero-order valence-electron chi connectivity index (χ0n) is 15.9. The number of hydrogen-bond donors (Lipinski definition) is 1. The highest BCUT2D eigenvalue weighted by Crippen LogP contribution is 2.24. The molecule has 0 saturated heterocycles. The SMILES string of the molecule is COc1ccc(/C=N\Nc2nc(-c3ccccc3)nc(C)c2C)c(OC)c1. The van der Waals surface area contributed by atoms with Gasteiger partial charge in [0.1, 0.15) is 11.5 Å². The summed E-state index contributed by atoms with van der Waals surface area (Å²) in [6.45, 7) is 3.93. The molecule has 0 spiro atoms. The van der Waals surface area contributed by atoms with Gasteiger partial charge in [-0.2, -0.15) is 5.10 Å². The molecule has 2 aromatic carbocycles. The summed E-state index contributed by atoms with van der Waals surface area (Å²) < 4.78 is 10.6. The molecule has 0 aliphatic rings. The first-order valence-electron chi connectivity index (χ1n) is 8.54. The summed E-state index contributed by atoms with van der Waals surface area (Å²) in [5.74, 6) is 2.75. The molecule has 0 bridgehead atoms. The van der Waals surface area contributed by atoms with E-state index in [4.69, 9.17) is 9.47 Å². The molecule has 0 atom stereocenters. The van der Waals surface area contributed by atoms with Crippen LogP contribution in [-0.4, -0.2) is 30.4 Å². The Bertz CT molecular complexity index is 956. The number of aromatic nitrogens is 2. The molecule has 1 aromatic heterocycles. The van der Waals surface area contributed by atoms with Crippen molar-refractivity contribution in [2.75, 3.05) is 19.6 Å². The van der Waals surface area contributed by atoms with Gasteiger partial charge in [-0.15, -0.1) is 0 Å². The molecular formula is C21H22N4O2. The third kappa shape index (κ3) is 4.23. The lowest BCUT2D eigenvalue weighted by Crippen LogP contribution is -2.03. The summed E-state index contributed by atoms with van der Waals surface area (Å²) >= 11 is 0. The Morgan fingerprint density at radius 2 is 1.74 bits per heavy atom. The number of anilines is 1. The number of nitrogens with zero attached hydrogens (tertiary/aromatic N) is 3. The third-order valence-corrected chi connectivity index (χ3v) is 4.24. The van der Waals surface area contributed by atoms with Gasteiger partial charge in [0.15, 0.2) is 11.6 Å². The zero-order valence-corrected chi connectivity index (χ0v) is 15.9. The fourth-order valence-corrected chi connectivity index (χ4v) is 2.54. The Kier molecular flexibility index (Phi) is 5.66. The average Bonchev–Trinajstić information content (AvgIpc) is 2.71. The molecular weight excluding hydrogens is 340 g/mol. The van der Waals surface area contributed by atoms with Crippen molar-refractivity contribution < 1.29 is 9.47 Å².